The van der Waals surface area contributed by atoms with Gasteiger partial charge in [0.25, 0.3) is 0 Å². The Labute approximate surface area is 136 Å². The summed E-state index contributed by atoms with van der Waals surface area (Å²) < 4.78 is 25.4. The van der Waals surface area contributed by atoms with E-state index in [2.05, 4.69) is 5.32 Å². The third-order valence-corrected chi connectivity index (χ3v) is 5.33. The lowest BCUT2D eigenvalue weighted by Crippen LogP contribution is -2.49. The Morgan fingerprint density at radius 2 is 2.00 bits per heavy atom. The lowest BCUT2D eigenvalue weighted by atomic mass is 10.2. The molecule has 1 saturated carbocycles. The van der Waals surface area contributed by atoms with Crippen molar-refractivity contribution in [1.82, 2.24) is 5.32 Å². The van der Waals surface area contributed by atoms with E-state index in [1.165, 1.54) is 0 Å². The molecule has 2 rings (SSSR count). The fourth-order valence-electron chi connectivity index (χ4n) is 2.81. The summed E-state index contributed by atoms with van der Waals surface area (Å²) in [6.45, 7) is 1.59. The fourth-order valence-corrected chi connectivity index (χ4v) is 4.17. The summed E-state index contributed by atoms with van der Waals surface area (Å²) in [7, 11) is -3.60. The first-order valence-electron chi connectivity index (χ1n) is 7.34. The molecule has 1 aromatic rings. The highest BCUT2D eigenvalue weighted by atomic mass is 35.5. The van der Waals surface area contributed by atoms with Gasteiger partial charge in [0, 0.05) is 11.1 Å². The van der Waals surface area contributed by atoms with Crippen LogP contribution in [0.3, 0.4) is 0 Å². The van der Waals surface area contributed by atoms with Crippen LogP contribution in [0.5, 0.6) is 0 Å². The van der Waals surface area contributed by atoms with Gasteiger partial charge in [0.15, 0.2) is 0 Å². The highest BCUT2D eigenvalue weighted by Gasteiger charge is 2.30. The Bertz CT molecular complexity index is 642. The average Bonchev–Trinajstić information content (AvgIpc) is 2.90. The van der Waals surface area contributed by atoms with Crippen molar-refractivity contribution < 1.29 is 13.2 Å². The molecule has 0 heterocycles. The molecule has 122 valence electrons. The Morgan fingerprint density at radius 1 is 1.36 bits per heavy atom. The maximum absolute atomic E-state index is 12.4. The molecule has 1 aliphatic carbocycles. The second-order valence-electron chi connectivity index (χ2n) is 5.70. The van der Waals surface area contributed by atoms with Gasteiger partial charge < -0.3 is 5.32 Å². The molecule has 7 heteroatoms. The van der Waals surface area contributed by atoms with Gasteiger partial charge in [0.05, 0.1) is 11.9 Å². The summed E-state index contributed by atoms with van der Waals surface area (Å²) in [6.07, 6.45) is 5.20. The fraction of sp³-hybridized carbons (Fsp3) is 0.533. The maximum Gasteiger partial charge on any atom is 0.243 e. The van der Waals surface area contributed by atoms with E-state index in [0.717, 1.165) is 36.2 Å². The van der Waals surface area contributed by atoms with Crippen LogP contribution < -0.4 is 9.62 Å². The average molecular weight is 345 g/mol. The van der Waals surface area contributed by atoms with Gasteiger partial charge in [-0.2, -0.15) is 0 Å². The number of carbonyl (C=O) groups is 1. The number of benzene rings is 1. The molecule has 0 spiro atoms. The predicted molar refractivity (Wildman–Crippen MR) is 88.6 cm³/mol. The smallest absolute Gasteiger partial charge is 0.243 e. The molecule has 1 N–H and O–H groups in total. The van der Waals surface area contributed by atoms with Crippen molar-refractivity contribution in [2.75, 3.05) is 10.6 Å². The first kappa shape index (κ1) is 17.1. The Balaban J connectivity index is 2.23. The topological polar surface area (TPSA) is 66.5 Å². The van der Waals surface area contributed by atoms with Crippen LogP contribution in [0.25, 0.3) is 0 Å². The molecule has 0 unspecified atom stereocenters. The molecule has 1 aliphatic rings. The summed E-state index contributed by atoms with van der Waals surface area (Å²) >= 11 is 5.94. The SMILES string of the molecule is C[C@@H](C(=O)NC1CCCC1)N(c1cccc(Cl)c1)S(C)(=O)=O. The van der Waals surface area contributed by atoms with Gasteiger partial charge in [0.1, 0.15) is 6.04 Å². The predicted octanol–water partition coefficient (Wildman–Crippen LogP) is 2.55. The van der Waals surface area contributed by atoms with E-state index < -0.39 is 16.1 Å². The van der Waals surface area contributed by atoms with Crippen LogP contribution in [-0.2, 0) is 14.8 Å². The largest absolute Gasteiger partial charge is 0.352 e. The Kier molecular flexibility index (Phi) is 5.34. The van der Waals surface area contributed by atoms with E-state index in [1.54, 1.807) is 31.2 Å². The van der Waals surface area contributed by atoms with Crippen molar-refractivity contribution in [2.24, 2.45) is 0 Å². The highest BCUT2D eigenvalue weighted by Crippen LogP contribution is 2.25. The van der Waals surface area contributed by atoms with Gasteiger partial charge >= 0.3 is 0 Å². The summed E-state index contributed by atoms with van der Waals surface area (Å²) in [6, 6.07) is 5.82. The van der Waals surface area contributed by atoms with Gasteiger partial charge in [0.2, 0.25) is 15.9 Å². The number of nitrogens with one attached hydrogen (secondary N) is 1. The summed E-state index contributed by atoms with van der Waals surface area (Å²) in [4.78, 5) is 12.4. The van der Waals surface area contributed by atoms with Crippen LogP contribution in [0, 0.1) is 0 Å². The van der Waals surface area contributed by atoms with E-state index in [-0.39, 0.29) is 11.9 Å². The molecule has 22 heavy (non-hydrogen) atoms. The van der Waals surface area contributed by atoms with Crippen molar-refractivity contribution in [3.63, 3.8) is 0 Å². The summed E-state index contributed by atoms with van der Waals surface area (Å²) in [5.41, 5.74) is 0.393. The number of carbonyl (C=O) groups excluding carboxylic acids is 1. The lowest BCUT2D eigenvalue weighted by Gasteiger charge is -2.29. The first-order chi connectivity index (χ1) is 10.3. The van der Waals surface area contributed by atoms with Gasteiger partial charge in [-0.3, -0.25) is 9.10 Å². The molecule has 0 aromatic heterocycles. The number of anilines is 1. The van der Waals surface area contributed by atoms with Crippen molar-refractivity contribution in [3.8, 4) is 0 Å². The van der Waals surface area contributed by atoms with Crippen LogP contribution in [0.1, 0.15) is 32.6 Å². The van der Waals surface area contributed by atoms with Gasteiger partial charge in [-0.05, 0) is 38.0 Å². The number of hydrogen-bond acceptors (Lipinski definition) is 3. The van der Waals surface area contributed by atoms with E-state index >= 15 is 0 Å². The van der Waals surface area contributed by atoms with Crippen LogP contribution in [-0.4, -0.2) is 32.7 Å². The lowest BCUT2D eigenvalue weighted by molar-refractivity contribution is -0.122. The quantitative estimate of drug-likeness (QED) is 0.892. The molecule has 1 aromatic carbocycles. The second kappa shape index (κ2) is 6.87. The first-order valence-corrected chi connectivity index (χ1v) is 9.57. The van der Waals surface area contributed by atoms with E-state index in [1.807, 2.05) is 0 Å². The zero-order chi connectivity index (χ0) is 16.3. The minimum Gasteiger partial charge on any atom is -0.352 e. The summed E-state index contributed by atoms with van der Waals surface area (Å²) in [5, 5.41) is 3.36. The minimum absolute atomic E-state index is 0.149. The zero-order valence-electron chi connectivity index (χ0n) is 12.8. The Hall–Kier alpha value is -1.27. The van der Waals surface area contributed by atoms with Crippen LogP contribution in [0.2, 0.25) is 5.02 Å². The van der Waals surface area contributed by atoms with E-state index in [0.29, 0.717) is 10.7 Å². The highest BCUT2D eigenvalue weighted by molar-refractivity contribution is 7.92. The molecule has 0 aliphatic heterocycles. The normalized spacial score (nSPS) is 17.2. The van der Waals surface area contributed by atoms with Crippen LogP contribution in [0.15, 0.2) is 24.3 Å². The van der Waals surface area contributed by atoms with Gasteiger partial charge in [-0.1, -0.05) is 30.5 Å². The number of amides is 1. The number of sulfonamides is 1. The molecule has 0 saturated heterocycles. The molecule has 1 atom stereocenters. The molecule has 0 radical (unpaired) electrons. The van der Waals surface area contributed by atoms with Crippen molar-refractivity contribution in [2.45, 2.75) is 44.7 Å². The minimum atomic E-state index is -3.60. The number of rotatable bonds is 5. The van der Waals surface area contributed by atoms with E-state index in [4.69, 9.17) is 11.6 Å². The van der Waals surface area contributed by atoms with Crippen molar-refractivity contribution in [1.29, 1.82) is 0 Å². The molecular weight excluding hydrogens is 324 g/mol. The van der Waals surface area contributed by atoms with Crippen molar-refractivity contribution in [3.05, 3.63) is 29.3 Å². The van der Waals surface area contributed by atoms with Gasteiger partial charge in [-0.25, -0.2) is 8.42 Å². The number of hydrogen-bond donors (Lipinski definition) is 1. The number of halogens is 1. The summed E-state index contributed by atoms with van der Waals surface area (Å²) in [5.74, 6) is -0.280. The van der Waals surface area contributed by atoms with Crippen molar-refractivity contribution >= 4 is 33.2 Å². The van der Waals surface area contributed by atoms with Gasteiger partial charge in [-0.15, -0.1) is 0 Å². The monoisotopic (exact) mass is 344 g/mol. The molecule has 1 fully saturated rings. The van der Waals surface area contributed by atoms with E-state index in [9.17, 15) is 13.2 Å². The molecular formula is C15H21ClN2O3S. The zero-order valence-corrected chi connectivity index (χ0v) is 14.3. The Morgan fingerprint density at radius 3 is 2.55 bits per heavy atom. The number of nitrogens with zero attached hydrogens (tertiary/aromatic N) is 1. The van der Waals surface area contributed by atoms with Crippen LogP contribution >= 0.6 is 11.6 Å². The molecule has 0 bridgehead atoms. The molecule has 5 nitrogen and oxygen atoms in total. The second-order valence-corrected chi connectivity index (χ2v) is 8.00. The maximum atomic E-state index is 12.4. The van der Waals surface area contributed by atoms with Crippen LogP contribution in [0.4, 0.5) is 5.69 Å². The molecule has 1 amide bonds. The standard InChI is InChI=1S/C15H21ClN2O3S/c1-11(15(19)17-13-7-3-4-8-13)18(22(2,20)21)14-9-5-6-12(16)10-14/h5-6,9-11,13H,3-4,7-8H2,1-2H3,(H,17,19)/t11-/m0/s1. The third kappa shape index (κ3) is 4.14. The third-order valence-electron chi connectivity index (χ3n) is 3.85.